The summed E-state index contributed by atoms with van der Waals surface area (Å²) in [6, 6.07) is 1.80. The largest absolute Gasteiger partial charge is 0.483 e. The minimum Gasteiger partial charge on any atom is -0.483 e. The standard InChI is InChI=1S/C13H12BrClN2O2S/c1-7-5-9(11(14)8(2)12(7)15)19-6-10(18)17-13-16-3-4-20-13/h3-5H,6H2,1-2H3,(H,16,17,18). The average Bonchev–Trinajstić information content (AvgIpc) is 2.92. The Kier molecular flexibility index (Phi) is 5.01. The Morgan fingerprint density at radius 1 is 1.55 bits per heavy atom. The number of aryl methyl sites for hydroxylation is 1. The minimum atomic E-state index is -0.253. The van der Waals surface area contributed by atoms with Crippen LogP contribution in [0.15, 0.2) is 22.1 Å². The minimum absolute atomic E-state index is 0.0846. The molecule has 20 heavy (non-hydrogen) atoms. The van der Waals surface area contributed by atoms with E-state index in [0.717, 1.165) is 15.6 Å². The zero-order valence-electron chi connectivity index (χ0n) is 10.9. The number of ether oxygens (including phenoxy) is 1. The van der Waals surface area contributed by atoms with Crippen molar-refractivity contribution in [3.05, 3.63) is 38.3 Å². The number of aromatic nitrogens is 1. The first-order valence-electron chi connectivity index (χ1n) is 5.76. The highest BCUT2D eigenvalue weighted by molar-refractivity contribution is 9.10. The lowest BCUT2D eigenvalue weighted by Gasteiger charge is -2.12. The molecule has 0 spiro atoms. The zero-order valence-corrected chi connectivity index (χ0v) is 14.0. The number of carbonyl (C=O) groups is 1. The molecular formula is C13H12BrClN2O2S. The molecule has 4 nitrogen and oxygen atoms in total. The molecule has 0 saturated heterocycles. The fraction of sp³-hybridized carbons (Fsp3) is 0.231. The van der Waals surface area contributed by atoms with Crippen LogP contribution in [0.25, 0.3) is 0 Å². The SMILES string of the molecule is Cc1cc(OCC(=O)Nc2nccs2)c(Br)c(C)c1Cl. The Bertz CT molecular complexity index is 632. The number of benzene rings is 1. The summed E-state index contributed by atoms with van der Waals surface area (Å²) in [6.07, 6.45) is 1.63. The second-order valence-corrected chi connectivity index (χ2v) is 6.18. The first-order chi connectivity index (χ1) is 9.49. The first kappa shape index (κ1) is 15.3. The van der Waals surface area contributed by atoms with Gasteiger partial charge in [0.15, 0.2) is 11.7 Å². The van der Waals surface area contributed by atoms with E-state index in [9.17, 15) is 4.79 Å². The van der Waals surface area contributed by atoms with Gasteiger partial charge in [0.1, 0.15) is 5.75 Å². The smallest absolute Gasteiger partial charge is 0.264 e. The molecule has 0 aliphatic rings. The van der Waals surface area contributed by atoms with Crippen LogP contribution in [0, 0.1) is 13.8 Å². The second kappa shape index (κ2) is 6.56. The number of hydrogen-bond acceptors (Lipinski definition) is 4. The lowest BCUT2D eigenvalue weighted by molar-refractivity contribution is -0.118. The Labute approximate surface area is 134 Å². The highest BCUT2D eigenvalue weighted by atomic mass is 79.9. The number of rotatable bonds is 4. The van der Waals surface area contributed by atoms with Gasteiger partial charge in [0, 0.05) is 16.6 Å². The monoisotopic (exact) mass is 374 g/mol. The number of carbonyl (C=O) groups excluding carboxylic acids is 1. The lowest BCUT2D eigenvalue weighted by Crippen LogP contribution is -2.20. The molecule has 1 aromatic heterocycles. The summed E-state index contributed by atoms with van der Waals surface area (Å²) in [6.45, 7) is 3.70. The van der Waals surface area contributed by atoms with Gasteiger partial charge >= 0.3 is 0 Å². The summed E-state index contributed by atoms with van der Waals surface area (Å²) in [5.74, 6) is 0.343. The van der Waals surface area contributed by atoms with Crippen LogP contribution in [0.2, 0.25) is 5.02 Å². The summed E-state index contributed by atoms with van der Waals surface area (Å²) < 4.78 is 6.28. The highest BCUT2D eigenvalue weighted by Gasteiger charge is 2.12. The molecule has 0 unspecified atom stereocenters. The van der Waals surface area contributed by atoms with Crippen molar-refractivity contribution >= 4 is 49.9 Å². The van der Waals surface area contributed by atoms with Gasteiger partial charge in [-0.1, -0.05) is 11.6 Å². The van der Waals surface area contributed by atoms with Crippen LogP contribution in [-0.2, 0) is 4.79 Å². The van der Waals surface area contributed by atoms with Crippen LogP contribution in [0.1, 0.15) is 11.1 Å². The summed E-state index contributed by atoms with van der Waals surface area (Å²) in [7, 11) is 0. The average molecular weight is 376 g/mol. The van der Waals surface area contributed by atoms with Crippen LogP contribution < -0.4 is 10.1 Å². The molecule has 0 saturated carbocycles. The molecule has 1 heterocycles. The third-order valence-corrected chi connectivity index (χ3v) is 4.86. The Hall–Kier alpha value is -1.11. The third kappa shape index (κ3) is 3.50. The van der Waals surface area contributed by atoms with Crippen molar-refractivity contribution in [3.63, 3.8) is 0 Å². The number of halogens is 2. The molecule has 1 N–H and O–H groups in total. The molecule has 0 fully saturated rings. The van der Waals surface area contributed by atoms with E-state index in [-0.39, 0.29) is 12.5 Å². The topological polar surface area (TPSA) is 51.2 Å². The summed E-state index contributed by atoms with van der Waals surface area (Å²) in [4.78, 5) is 15.7. The predicted octanol–water partition coefficient (Wildman–Crippen LogP) is 4.19. The molecule has 7 heteroatoms. The van der Waals surface area contributed by atoms with Crippen LogP contribution in [0.3, 0.4) is 0 Å². The van der Waals surface area contributed by atoms with Gasteiger partial charge < -0.3 is 4.74 Å². The first-order valence-corrected chi connectivity index (χ1v) is 7.81. The molecule has 0 radical (unpaired) electrons. The van der Waals surface area contributed by atoms with Gasteiger partial charge in [-0.3, -0.25) is 10.1 Å². The van der Waals surface area contributed by atoms with E-state index in [1.54, 1.807) is 17.6 Å². The van der Waals surface area contributed by atoms with E-state index in [2.05, 4.69) is 26.2 Å². The normalized spacial score (nSPS) is 10.4. The van der Waals surface area contributed by atoms with Crippen molar-refractivity contribution in [2.45, 2.75) is 13.8 Å². The number of nitrogens with zero attached hydrogens (tertiary/aromatic N) is 1. The van der Waals surface area contributed by atoms with E-state index in [4.69, 9.17) is 16.3 Å². The van der Waals surface area contributed by atoms with Crippen molar-refractivity contribution in [2.24, 2.45) is 0 Å². The summed E-state index contributed by atoms with van der Waals surface area (Å²) in [5, 5.41) is 5.69. The number of amides is 1. The number of thiazole rings is 1. The molecule has 2 aromatic rings. The molecule has 0 atom stereocenters. The maximum absolute atomic E-state index is 11.7. The van der Waals surface area contributed by atoms with Crippen molar-refractivity contribution in [2.75, 3.05) is 11.9 Å². The maximum Gasteiger partial charge on any atom is 0.264 e. The molecule has 2 rings (SSSR count). The van der Waals surface area contributed by atoms with Gasteiger partial charge in [0.05, 0.1) is 4.47 Å². The number of anilines is 1. The zero-order chi connectivity index (χ0) is 14.7. The van der Waals surface area contributed by atoms with Crippen LogP contribution in [0.5, 0.6) is 5.75 Å². The van der Waals surface area contributed by atoms with E-state index in [0.29, 0.717) is 15.9 Å². The van der Waals surface area contributed by atoms with E-state index in [1.807, 2.05) is 13.8 Å². The van der Waals surface area contributed by atoms with Crippen LogP contribution >= 0.6 is 38.9 Å². The van der Waals surface area contributed by atoms with Crippen molar-refractivity contribution < 1.29 is 9.53 Å². The van der Waals surface area contributed by atoms with E-state index >= 15 is 0 Å². The molecule has 0 bridgehead atoms. The number of nitrogens with one attached hydrogen (secondary N) is 1. The highest BCUT2D eigenvalue weighted by Crippen LogP contribution is 2.35. The molecule has 1 amide bonds. The van der Waals surface area contributed by atoms with Crippen molar-refractivity contribution in [3.8, 4) is 5.75 Å². The Balaban J connectivity index is 2.02. The lowest BCUT2D eigenvalue weighted by atomic mass is 10.1. The second-order valence-electron chi connectivity index (χ2n) is 4.12. The van der Waals surface area contributed by atoms with Gasteiger partial charge in [-0.15, -0.1) is 11.3 Å². The van der Waals surface area contributed by atoms with Gasteiger partial charge in [0.2, 0.25) is 0 Å². The number of hydrogen-bond donors (Lipinski definition) is 1. The van der Waals surface area contributed by atoms with Gasteiger partial charge in [-0.2, -0.15) is 0 Å². The van der Waals surface area contributed by atoms with Gasteiger partial charge in [0.25, 0.3) is 5.91 Å². The molecule has 106 valence electrons. The van der Waals surface area contributed by atoms with E-state index in [1.165, 1.54) is 11.3 Å². The summed E-state index contributed by atoms with van der Waals surface area (Å²) in [5.41, 5.74) is 1.80. The van der Waals surface area contributed by atoms with Gasteiger partial charge in [-0.05, 0) is 47.0 Å². The maximum atomic E-state index is 11.7. The molecule has 0 aliphatic carbocycles. The molecule has 0 aliphatic heterocycles. The Morgan fingerprint density at radius 3 is 2.95 bits per heavy atom. The quantitative estimate of drug-likeness (QED) is 0.871. The molecular weight excluding hydrogens is 364 g/mol. The summed E-state index contributed by atoms with van der Waals surface area (Å²) >= 11 is 10.9. The fourth-order valence-electron chi connectivity index (χ4n) is 1.59. The van der Waals surface area contributed by atoms with Crippen LogP contribution in [0.4, 0.5) is 5.13 Å². The van der Waals surface area contributed by atoms with Crippen molar-refractivity contribution in [1.29, 1.82) is 0 Å². The van der Waals surface area contributed by atoms with Gasteiger partial charge in [-0.25, -0.2) is 4.98 Å². The van der Waals surface area contributed by atoms with Crippen molar-refractivity contribution in [1.82, 2.24) is 4.98 Å². The predicted molar refractivity (Wildman–Crippen MR) is 84.9 cm³/mol. The van der Waals surface area contributed by atoms with E-state index < -0.39 is 0 Å². The Morgan fingerprint density at radius 2 is 2.30 bits per heavy atom. The fourth-order valence-corrected chi connectivity index (χ4v) is 2.82. The molecule has 1 aromatic carbocycles. The van der Waals surface area contributed by atoms with Crippen LogP contribution in [-0.4, -0.2) is 17.5 Å². The third-order valence-electron chi connectivity index (χ3n) is 2.61.